The Morgan fingerprint density at radius 3 is 2.42 bits per heavy atom. The summed E-state index contributed by atoms with van der Waals surface area (Å²) >= 11 is 0. The van der Waals surface area contributed by atoms with Gasteiger partial charge in [-0.15, -0.1) is 10.2 Å². The van der Waals surface area contributed by atoms with E-state index in [0.717, 1.165) is 35.1 Å². The standard InChI is InChI=1S/C23H27N5O3/c1-3-4-9-21(29)28(14-16(2)23(30)31)15-17-10-12-18(13-11-17)19-7-5-6-8-20(19)22-24-26-27-25-22/h5-8,10-13,16H,3-4,9,14-15H2,1-2H3,(H,30,31)(H,24,25,26,27). The van der Waals surface area contributed by atoms with Gasteiger partial charge in [-0.25, -0.2) is 0 Å². The summed E-state index contributed by atoms with van der Waals surface area (Å²) in [5, 5.41) is 23.5. The smallest absolute Gasteiger partial charge is 0.308 e. The monoisotopic (exact) mass is 421 g/mol. The van der Waals surface area contributed by atoms with Crippen molar-refractivity contribution in [2.45, 2.75) is 39.7 Å². The first-order chi connectivity index (χ1) is 15.0. The Morgan fingerprint density at radius 1 is 1.10 bits per heavy atom. The molecule has 0 bridgehead atoms. The fraction of sp³-hybridized carbons (Fsp3) is 0.348. The number of unbranched alkanes of at least 4 members (excludes halogenated alkanes) is 1. The van der Waals surface area contributed by atoms with Crippen LogP contribution >= 0.6 is 0 Å². The lowest BCUT2D eigenvalue weighted by molar-refractivity contribution is -0.143. The molecule has 0 aliphatic carbocycles. The molecule has 3 rings (SSSR count). The average molecular weight is 422 g/mol. The van der Waals surface area contributed by atoms with E-state index in [2.05, 4.69) is 20.6 Å². The van der Waals surface area contributed by atoms with E-state index in [9.17, 15) is 14.7 Å². The first kappa shape index (κ1) is 22.1. The number of hydrogen-bond donors (Lipinski definition) is 2. The Labute approximate surface area is 181 Å². The number of aromatic amines is 1. The van der Waals surface area contributed by atoms with Crippen molar-refractivity contribution in [3.8, 4) is 22.5 Å². The van der Waals surface area contributed by atoms with Crippen molar-refractivity contribution in [3.63, 3.8) is 0 Å². The summed E-state index contributed by atoms with van der Waals surface area (Å²) in [4.78, 5) is 25.6. The zero-order chi connectivity index (χ0) is 22.2. The van der Waals surface area contributed by atoms with Crippen molar-refractivity contribution in [1.29, 1.82) is 0 Å². The van der Waals surface area contributed by atoms with Crippen molar-refractivity contribution >= 4 is 11.9 Å². The van der Waals surface area contributed by atoms with Gasteiger partial charge in [0.25, 0.3) is 0 Å². The molecule has 0 saturated carbocycles. The number of carbonyl (C=O) groups is 2. The predicted octanol–water partition coefficient (Wildman–Crippen LogP) is 3.77. The topological polar surface area (TPSA) is 112 Å². The number of hydrogen-bond acceptors (Lipinski definition) is 5. The number of nitrogens with one attached hydrogen (secondary N) is 1. The number of nitrogens with zero attached hydrogens (tertiary/aromatic N) is 4. The zero-order valence-electron chi connectivity index (χ0n) is 17.8. The van der Waals surface area contributed by atoms with Gasteiger partial charge in [0, 0.05) is 25.1 Å². The van der Waals surface area contributed by atoms with Crippen LogP contribution in [-0.4, -0.2) is 49.1 Å². The number of carbonyl (C=O) groups excluding carboxylic acids is 1. The van der Waals surface area contributed by atoms with Gasteiger partial charge in [-0.1, -0.05) is 68.8 Å². The molecule has 1 atom stereocenters. The van der Waals surface area contributed by atoms with E-state index < -0.39 is 11.9 Å². The molecule has 2 aromatic carbocycles. The second-order valence-corrected chi connectivity index (χ2v) is 7.60. The van der Waals surface area contributed by atoms with Crippen LogP contribution in [0.15, 0.2) is 48.5 Å². The lowest BCUT2D eigenvalue weighted by Crippen LogP contribution is -2.36. The average Bonchev–Trinajstić information content (AvgIpc) is 3.32. The number of aromatic nitrogens is 4. The number of carboxylic acids is 1. The first-order valence-corrected chi connectivity index (χ1v) is 10.4. The Hall–Kier alpha value is -3.55. The van der Waals surface area contributed by atoms with Gasteiger partial charge >= 0.3 is 5.97 Å². The second kappa shape index (κ2) is 10.5. The minimum Gasteiger partial charge on any atom is -0.481 e. The number of tetrazole rings is 1. The van der Waals surface area contributed by atoms with Gasteiger partial charge in [0.1, 0.15) is 0 Å². The fourth-order valence-electron chi connectivity index (χ4n) is 3.37. The molecule has 2 N–H and O–H groups in total. The maximum absolute atomic E-state index is 12.6. The van der Waals surface area contributed by atoms with E-state index in [1.165, 1.54) is 0 Å². The van der Waals surface area contributed by atoms with Crippen LogP contribution < -0.4 is 0 Å². The van der Waals surface area contributed by atoms with Crippen LogP contribution in [0.4, 0.5) is 0 Å². The van der Waals surface area contributed by atoms with Gasteiger partial charge in [0.05, 0.1) is 5.92 Å². The molecule has 1 amide bonds. The molecule has 8 heteroatoms. The summed E-state index contributed by atoms with van der Waals surface area (Å²) in [5.74, 6) is -1.01. The van der Waals surface area contributed by atoms with E-state index in [1.54, 1.807) is 11.8 Å². The molecule has 0 fully saturated rings. The van der Waals surface area contributed by atoms with Crippen molar-refractivity contribution in [2.24, 2.45) is 5.92 Å². The number of aliphatic carboxylic acids is 1. The summed E-state index contributed by atoms with van der Waals surface area (Å²) in [5.41, 5.74) is 3.79. The highest BCUT2D eigenvalue weighted by atomic mass is 16.4. The van der Waals surface area contributed by atoms with Crippen molar-refractivity contribution < 1.29 is 14.7 Å². The molecule has 162 valence electrons. The van der Waals surface area contributed by atoms with Crippen LogP contribution in [-0.2, 0) is 16.1 Å². The Bertz CT molecular complexity index is 1000. The summed E-state index contributed by atoms with van der Waals surface area (Å²) in [7, 11) is 0. The molecular formula is C23H27N5O3. The molecule has 0 saturated heterocycles. The molecule has 0 spiro atoms. The summed E-state index contributed by atoms with van der Waals surface area (Å²) in [6, 6.07) is 15.7. The Kier molecular flexibility index (Phi) is 7.48. The predicted molar refractivity (Wildman–Crippen MR) is 117 cm³/mol. The summed E-state index contributed by atoms with van der Waals surface area (Å²) < 4.78 is 0. The van der Waals surface area contributed by atoms with Gasteiger partial charge < -0.3 is 10.0 Å². The second-order valence-electron chi connectivity index (χ2n) is 7.60. The van der Waals surface area contributed by atoms with E-state index in [-0.39, 0.29) is 12.5 Å². The molecule has 0 radical (unpaired) electrons. The van der Waals surface area contributed by atoms with Gasteiger partial charge in [0.15, 0.2) is 0 Å². The van der Waals surface area contributed by atoms with E-state index in [4.69, 9.17) is 0 Å². The molecule has 0 aliphatic rings. The lowest BCUT2D eigenvalue weighted by Gasteiger charge is -2.25. The number of amides is 1. The van der Waals surface area contributed by atoms with E-state index in [0.29, 0.717) is 18.8 Å². The molecule has 0 aliphatic heterocycles. The quantitative estimate of drug-likeness (QED) is 0.515. The number of carboxylic acid groups (broad SMARTS) is 1. The summed E-state index contributed by atoms with van der Waals surface area (Å²) in [6.45, 7) is 4.23. The Morgan fingerprint density at radius 2 is 1.81 bits per heavy atom. The van der Waals surface area contributed by atoms with Crippen molar-refractivity contribution in [3.05, 3.63) is 54.1 Å². The van der Waals surface area contributed by atoms with Crippen LogP contribution in [0.1, 0.15) is 38.7 Å². The molecule has 8 nitrogen and oxygen atoms in total. The van der Waals surface area contributed by atoms with E-state index in [1.807, 2.05) is 55.5 Å². The highest BCUT2D eigenvalue weighted by molar-refractivity contribution is 5.80. The van der Waals surface area contributed by atoms with Crippen LogP contribution in [0.5, 0.6) is 0 Å². The molecule has 1 heterocycles. The van der Waals surface area contributed by atoms with Gasteiger partial charge in [-0.2, -0.15) is 5.21 Å². The van der Waals surface area contributed by atoms with Crippen LogP contribution in [0.25, 0.3) is 22.5 Å². The maximum Gasteiger partial charge on any atom is 0.308 e. The third-order valence-corrected chi connectivity index (χ3v) is 5.16. The van der Waals surface area contributed by atoms with Gasteiger partial charge in [0.2, 0.25) is 11.7 Å². The minimum absolute atomic E-state index is 0.0125. The van der Waals surface area contributed by atoms with Crippen molar-refractivity contribution in [2.75, 3.05) is 6.54 Å². The molecule has 31 heavy (non-hydrogen) atoms. The maximum atomic E-state index is 12.6. The normalized spacial score (nSPS) is 11.8. The highest BCUT2D eigenvalue weighted by Gasteiger charge is 2.20. The van der Waals surface area contributed by atoms with E-state index >= 15 is 0 Å². The molecule has 1 aromatic heterocycles. The van der Waals surface area contributed by atoms with Crippen LogP contribution in [0, 0.1) is 5.92 Å². The van der Waals surface area contributed by atoms with Gasteiger partial charge in [-0.3, -0.25) is 9.59 Å². The molecular weight excluding hydrogens is 394 g/mol. The fourth-order valence-corrected chi connectivity index (χ4v) is 3.37. The SMILES string of the molecule is CCCCC(=O)N(Cc1ccc(-c2ccccc2-c2nn[nH]n2)cc1)CC(C)C(=O)O. The van der Waals surface area contributed by atoms with Crippen molar-refractivity contribution in [1.82, 2.24) is 25.5 Å². The van der Waals surface area contributed by atoms with Crippen LogP contribution in [0.3, 0.4) is 0 Å². The zero-order valence-corrected chi connectivity index (χ0v) is 17.8. The number of benzene rings is 2. The molecule has 1 unspecified atom stereocenters. The first-order valence-electron chi connectivity index (χ1n) is 10.4. The summed E-state index contributed by atoms with van der Waals surface area (Å²) in [6.07, 6.45) is 2.14. The lowest BCUT2D eigenvalue weighted by atomic mass is 9.98. The number of rotatable bonds is 10. The minimum atomic E-state index is -0.901. The Balaban J connectivity index is 1.80. The van der Waals surface area contributed by atoms with Gasteiger partial charge in [-0.05, 0) is 28.3 Å². The number of H-pyrrole nitrogens is 1. The third kappa shape index (κ3) is 5.75. The third-order valence-electron chi connectivity index (χ3n) is 5.16. The largest absolute Gasteiger partial charge is 0.481 e. The van der Waals surface area contributed by atoms with Crippen LogP contribution in [0.2, 0.25) is 0 Å². The highest BCUT2D eigenvalue weighted by Crippen LogP contribution is 2.29. The molecule has 3 aromatic rings.